The Balaban J connectivity index is 1.73. The van der Waals surface area contributed by atoms with Crippen LogP contribution in [0.25, 0.3) is 0 Å². The number of nitrogens with zero attached hydrogens (tertiary/aromatic N) is 2. The molecule has 106 valence electrons. The molecule has 3 rings (SSSR count). The molecular formula is C14H10N2O4S. The molecule has 0 saturated heterocycles. The highest BCUT2D eigenvalue weighted by molar-refractivity contribution is 7.11. The highest BCUT2D eigenvalue weighted by Gasteiger charge is 2.38. The largest absolute Gasteiger partial charge is 0.338 e. The molecule has 0 spiro atoms. The Morgan fingerprint density at radius 3 is 2.38 bits per heavy atom. The maximum absolute atomic E-state index is 12.0. The van der Waals surface area contributed by atoms with E-state index in [1.165, 1.54) is 23.5 Å². The van der Waals surface area contributed by atoms with E-state index in [0.29, 0.717) is 9.94 Å². The molecule has 7 heteroatoms. The van der Waals surface area contributed by atoms with Gasteiger partial charge in [0.2, 0.25) is 0 Å². The zero-order valence-electron chi connectivity index (χ0n) is 11.0. The molecule has 0 bridgehead atoms. The zero-order chi connectivity index (χ0) is 15.0. The Labute approximate surface area is 123 Å². The van der Waals surface area contributed by atoms with Crippen LogP contribution in [0.2, 0.25) is 0 Å². The number of benzene rings is 1. The quantitative estimate of drug-likeness (QED) is 0.807. The van der Waals surface area contributed by atoms with Gasteiger partial charge < -0.3 is 4.84 Å². The van der Waals surface area contributed by atoms with Crippen molar-refractivity contribution in [2.45, 2.75) is 13.3 Å². The smallest absolute Gasteiger partial charge is 0.329 e. The summed E-state index contributed by atoms with van der Waals surface area (Å²) in [5.74, 6) is -1.91. The molecule has 0 fully saturated rings. The Morgan fingerprint density at radius 1 is 1.24 bits per heavy atom. The number of amides is 2. The van der Waals surface area contributed by atoms with E-state index in [9.17, 15) is 14.4 Å². The monoisotopic (exact) mass is 302 g/mol. The summed E-state index contributed by atoms with van der Waals surface area (Å²) in [6.45, 7) is 1.82. The number of thiazole rings is 1. The van der Waals surface area contributed by atoms with E-state index in [4.69, 9.17) is 4.84 Å². The van der Waals surface area contributed by atoms with Crippen molar-refractivity contribution in [2.24, 2.45) is 0 Å². The van der Waals surface area contributed by atoms with Crippen molar-refractivity contribution < 1.29 is 19.2 Å². The predicted octanol–water partition coefficient (Wildman–Crippen LogP) is 1.75. The highest BCUT2D eigenvalue weighted by atomic mass is 32.1. The topological polar surface area (TPSA) is 76.6 Å². The molecule has 0 aliphatic carbocycles. The number of carbonyl (C=O) groups excluding carboxylic acids is 3. The third kappa shape index (κ3) is 2.43. The molecule has 0 unspecified atom stereocenters. The first-order valence-corrected chi connectivity index (χ1v) is 6.98. The highest BCUT2D eigenvalue weighted by Crippen LogP contribution is 2.23. The van der Waals surface area contributed by atoms with E-state index in [1.54, 1.807) is 18.3 Å². The number of hydroxylamine groups is 2. The van der Waals surface area contributed by atoms with Crippen LogP contribution in [0.1, 0.15) is 30.6 Å². The number of hydrogen-bond acceptors (Lipinski definition) is 6. The van der Waals surface area contributed by atoms with Gasteiger partial charge in [0.05, 0.1) is 22.6 Å². The van der Waals surface area contributed by atoms with Gasteiger partial charge in [-0.2, -0.15) is 0 Å². The summed E-state index contributed by atoms with van der Waals surface area (Å²) in [5.41, 5.74) is 0.480. The first-order valence-electron chi connectivity index (χ1n) is 6.16. The lowest BCUT2D eigenvalue weighted by atomic mass is 10.1. The van der Waals surface area contributed by atoms with Crippen molar-refractivity contribution in [3.8, 4) is 0 Å². The van der Waals surface area contributed by atoms with Crippen molar-refractivity contribution in [3.05, 3.63) is 51.5 Å². The van der Waals surface area contributed by atoms with Gasteiger partial charge in [-0.15, -0.1) is 11.3 Å². The van der Waals surface area contributed by atoms with Crippen LogP contribution in [-0.4, -0.2) is 27.8 Å². The van der Waals surface area contributed by atoms with Crippen molar-refractivity contribution in [1.82, 2.24) is 10.0 Å². The Hall–Kier alpha value is -2.54. The third-order valence-electron chi connectivity index (χ3n) is 2.94. The maximum atomic E-state index is 12.0. The van der Waals surface area contributed by atoms with Crippen molar-refractivity contribution in [3.63, 3.8) is 0 Å². The minimum Gasteiger partial charge on any atom is -0.329 e. The Morgan fingerprint density at radius 2 is 1.86 bits per heavy atom. The number of aryl methyl sites for hydroxylation is 1. The van der Waals surface area contributed by atoms with E-state index in [2.05, 4.69) is 4.98 Å². The lowest BCUT2D eigenvalue weighted by Gasteiger charge is -2.12. The SMILES string of the molecule is Cc1ncc(CC(=O)ON2C(=O)c3ccccc3C2=O)s1. The minimum atomic E-state index is -0.673. The summed E-state index contributed by atoms with van der Waals surface area (Å²) in [4.78, 5) is 45.5. The van der Waals surface area contributed by atoms with E-state index in [0.717, 1.165) is 5.01 Å². The van der Waals surface area contributed by atoms with E-state index in [-0.39, 0.29) is 17.5 Å². The van der Waals surface area contributed by atoms with Crippen LogP contribution in [0, 0.1) is 6.92 Å². The van der Waals surface area contributed by atoms with Gasteiger partial charge in [-0.1, -0.05) is 17.2 Å². The fraction of sp³-hybridized carbons (Fsp3) is 0.143. The summed E-state index contributed by atoms with van der Waals surface area (Å²) >= 11 is 1.36. The Bertz CT molecular complexity index is 718. The van der Waals surface area contributed by atoms with Crippen LogP contribution < -0.4 is 0 Å². The lowest BCUT2D eigenvalue weighted by molar-refractivity contribution is -0.167. The normalized spacial score (nSPS) is 13.5. The number of aromatic nitrogens is 1. The Kier molecular flexibility index (Phi) is 3.26. The van der Waals surface area contributed by atoms with Crippen LogP contribution in [0.3, 0.4) is 0 Å². The molecule has 2 aromatic rings. The molecule has 1 aliphatic rings. The molecule has 0 saturated carbocycles. The summed E-state index contributed by atoms with van der Waals surface area (Å²) < 4.78 is 0. The fourth-order valence-corrected chi connectivity index (χ4v) is 2.79. The first kappa shape index (κ1) is 13.4. The molecule has 2 amide bonds. The molecule has 6 nitrogen and oxygen atoms in total. The molecule has 1 aromatic carbocycles. The number of hydrogen-bond donors (Lipinski definition) is 0. The average Bonchev–Trinajstić information content (AvgIpc) is 2.97. The second-order valence-corrected chi connectivity index (χ2v) is 5.76. The number of rotatable bonds is 3. The van der Waals surface area contributed by atoms with Crippen molar-refractivity contribution >= 4 is 29.1 Å². The van der Waals surface area contributed by atoms with Gasteiger partial charge in [-0.25, -0.2) is 9.78 Å². The number of fused-ring (bicyclic) bond motifs is 1. The molecule has 1 aromatic heterocycles. The molecule has 2 heterocycles. The zero-order valence-corrected chi connectivity index (χ0v) is 11.8. The van der Waals surface area contributed by atoms with Crippen LogP contribution >= 0.6 is 11.3 Å². The van der Waals surface area contributed by atoms with Crippen LogP contribution in [0.4, 0.5) is 0 Å². The molecule has 0 radical (unpaired) electrons. The molecule has 21 heavy (non-hydrogen) atoms. The summed E-state index contributed by atoms with van der Waals surface area (Å²) in [5, 5.41) is 1.35. The van der Waals surface area contributed by atoms with E-state index in [1.807, 2.05) is 6.92 Å². The van der Waals surface area contributed by atoms with E-state index < -0.39 is 17.8 Å². The van der Waals surface area contributed by atoms with Crippen molar-refractivity contribution in [2.75, 3.05) is 0 Å². The maximum Gasteiger partial charge on any atom is 0.338 e. The molecule has 0 N–H and O–H groups in total. The van der Waals surface area contributed by atoms with Crippen LogP contribution in [-0.2, 0) is 16.1 Å². The van der Waals surface area contributed by atoms with Gasteiger partial charge in [0.15, 0.2) is 0 Å². The fourth-order valence-electron chi connectivity index (χ4n) is 2.01. The first-order chi connectivity index (χ1) is 10.1. The summed E-state index contributed by atoms with van der Waals surface area (Å²) in [6.07, 6.45) is 1.54. The minimum absolute atomic E-state index is 0.0289. The third-order valence-corrected chi connectivity index (χ3v) is 3.85. The van der Waals surface area contributed by atoms with Crippen LogP contribution in [0.15, 0.2) is 30.5 Å². The molecular weight excluding hydrogens is 292 g/mol. The van der Waals surface area contributed by atoms with Gasteiger partial charge in [0, 0.05) is 11.1 Å². The second-order valence-electron chi connectivity index (χ2n) is 4.44. The summed E-state index contributed by atoms with van der Waals surface area (Å²) in [6, 6.07) is 6.34. The van der Waals surface area contributed by atoms with Gasteiger partial charge in [0.1, 0.15) is 0 Å². The second kappa shape index (κ2) is 5.10. The van der Waals surface area contributed by atoms with Gasteiger partial charge in [0.25, 0.3) is 11.8 Å². The van der Waals surface area contributed by atoms with Gasteiger partial charge in [-0.05, 0) is 19.1 Å². The van der Waals surface area contributed by atoms with Gasteiger partial charge in [-0.3, -0.25) is 9.59 Å². The molecule has 1 aliphatic heterocycles. The average molecular weight is 302 g/mol. The van der Waals surface area contributed by atoms with E-state index >= 15 is 0 Å². The number of imide groups is 1. The molecule has 0 atom stereocenters. The number of carbonyl (C=O) groups is 3. The van der Waals surface area contributed by atoms with Crippen LogP contribution in [0.5, 0.6) is 0 Å². The standard InChI is InChI=1S/C14H10N2O4S/c1-8-15-7-9(21-8)6-12(17)20-16-13(18)10-4-2-3-5-11(10)14(16)19/h2-5,7H,6H2,1H3. The van der Waals surface area contributed by atoms with Gasteiger partial charge >= 0.3 is 5.97 Å². The predicted molar refractivity (Wildman–Crippen MR) is 73.6 cm³/mol. The summed E-state index contributed by atoms with van der Waals surface area (Å²) in [7, 11) is 0. The van der Waals surface area contributed by atoms with Crippen molar-refractivity contribution in [1.29, 1.82) is 0 Å². The lowest BCUT2D eigenvalue weighted by Crippen LogP contribution is -2.33.